The lowest BCUT2D eigenvalue weighted by atomic mass is 10.1. The van der Waals surface area contributed by atoms with Gasteiger partial charge in [-0.05, 0) is 25.3 Å². The molecule has 84 valence electrons. The van der Waals surface area contributed by atoms with E-state index in [9.17, 15) is 0 Å². The molecule has 0 fully saturated rings. The first kappa shape index (κ1) is 11.4. The number of allylic oxidation sites excluding steroid dienone is 4. The molecule has 0 unspecified atom stereocenters. The molecule has 0 radical (unpaired) electrons. The minimum atomic E-state index is -0.215. The van der Waals surface area contributed by atoms with E-state index in [1.807, 2.05) is 0 Å². The van der Waals surface area contributed by atoms with Gasteiger partial charge in [-0.2, -0.15) is 0 Å². The van der Waals surface area contributed by atoms with Crippen LogP contribution < -0.4 is 5.19 Å². The van der Waals surface area contributed by atoms with Gasteiger partial charge in [-0.3, -0.25) is 0 Å². The maximum absolute atomic E-state index is 2.34. The lowest BCUT2D eigenvalue weighted by Crippen LogP contribution is -2.21. The van der Waals surface area contributed by atoms with Crippen molar-refractivity contribution in [2.45, 2.75) is 33.1 Å². The summed E-state index contributed by atoms with van der Waals surface area (Å²) in [7, 11) is -0.215. The highest BCUT2D eigenvalue weighted by molar-refractivity contribution is 6.61. The molecule has 0 spiro atoms. The Kier molecular flexibility index (Phi) is 3.78. The Hall–Kier alpha value is -1.08. The van der Waals surface area contributed by atoms with E-state index in [1.54, 1.807) is 15.9 Å². The second-order valence-corrected chi connectivity index (χ2v) is 6.56. The summed E-state index contributed by atoms with van der Waals surface area (Å²) in [5.41, 5.74) is 3.11. The van der Waals surface area contributed by atoms with Crippen molar-refractivity contribution in [1.29, 1.82) is 0 Å². The summed E-state index contributed by atoms with van der Waals surface area (Å²) < 4.78 is 0. The largest absolute Gasteiger partial charge is 0.0835 e. The molecule has 0 amide bonds. The van der Waals surface area contributed by atoms with Crippen molar-refractivity contribution in [2.75, 3.05) is 0 Å². The predicted molar refractivity (Wildman–Crippen MR) is 75.1 cm³/mol. The van der Waals surface area contributed by atoms with E-state index in [0.717, 1.165) is 0 Å². The molecule has 0 bridgehead atoms. The highest BCUT2D eigenvalue weighted by atomic mass is 28.2. The van der Waals surface area contributed by atoms with E-state index >= 15 is 0 Å². The minimum absolute atomic E-state index is 0.215. The van der Waals surface area contributed by atoms with Crippen LogP contribution in [0.3, 0.4) is 0 Å². The topological polar surface area (TPSA) is 0 Å². The van der Waals surface area contributed by atoms with Crippen LogP contribution in [0, 0.1) is 0 Å². The summed E-state index contributed by atoms with van der Waals surface area (Å²) in [5, 5.41) is 3.38. The summed E-state index contributed by atoms with van der Waals surface area (Å²) >= 11 is 0. The van der Waals surface area contributed by atoms with Crippen LogP contribution in [0.5, 0.6) is 0 Å². The lowest BCUT2D eigenvalue weighted by Gasteiger charge is -2.09. The quantitative estimate of drug-likeness (QED) is 0.695. The Morgan fingerprint density at radius 1 is 1.25 bits per heavy atom. The second-order valence-electron chi connectivity index (χ2n) is 4.59. The number of rotatable bonds is 4. The highest BCUT2D eigenvalue weighted by Crippen LogP contribution is 2.17. The molecule has 0 aromatic heterocycles. The van der Waals surface area contributed by atoms with Gasteiger partial charge < -0.3 is 0 Å². The maximum atomic E-state index is 2.34. The van der Waals surface area contributed by atoms with E-state index in [4.69, 9.17) is 0 Å². The summed E-state index contributed by atoms with van der Waals surface area (Å²) in [6.45, 7) is 4.52. The monoisotopic (exact) mass is 228 g/mol. The smallest absolute Gasteiger partial charge is 0.0806 e. The van der Waals surface area contributed by atoms with Crippen LogP contribution in [-0.2, 0) is 6.42 Å². The minimum Gasteiger partial charge on any atom is -0.0806 e. The molecule has 1 aromatic carbocycles. The maximum Gasteiger partial charge on any atom is 0.0835 e. The molecular formula is C15H20Si. The fourth-order valence-corrected chi connectivity index (χ4v) is 4.28. The van der Waals surface area contributed by atoms with Crippen LogP contribution >= 0.6 is 0 Å². The molecule has 0 nitrogen and oxygen atoms in total. The lowest BCUT2D eigenvalue weighted by molar-refractivity contribution is 0.927. The van der Waals surface area contributed by atoms with Gasteiger partial charge >= 0.3 is 0 Å². The molecule has 0 N–H and O–H groups in total. The predicted octanol–water partition coefficient (Wildman–Crippen LogP) is 2.67. The molecule has 0 aliphatic heterocycles. The van der Waals surface area contributed by atoms with Gasteiger partial charge in [0, 0.05) is 0 Å². The SMILES string of the molecule is CCCc1ccccc1[SiH2]C1=C(C)C=CC1. The normalized spacial score (nSPS) is 15.6. The van der Waals surface area contributed by atoms with Crippen LogP contribution in [-0.4, -0.2) is 9.52 Å². The first-order chi connectivity index (χ1) is 7.81. The van der Waals surface area contributed by atoms with Crippen molar-refractivity contribution in [2.24, 2.45) is 0 Å². The van der Waals surface area contributed by atoms with Crippen molar-refractivity contribution in [1.82, 2.24) is 0 Å². The fourth-order valence-electron chi connectivity index (χ4n) is 2.34. The van der Waals surface area contributed by atoms with Crippen molar-refractivity contribution in [3.63, 3.8) is 0 Å². The van der Waals surface area contributed by atoms with E-state index in [1.165, 1.54) is 24.8 Å². The third kappa shape index (κ3) is 2.53. The summed E-state index contributed by atoms with van der Waals surface area (Å²) in [6, 6.07) is 9.02. The van der Waals surface area contributed by atoms with Gasteiger partial charge in [-0.25, -0.2) is 0 Å². The fraction of sp³-hybridized carbons (Fsp3) is 0.333. The van der Waals surface area contributed by atoms with Crippen LogP contribution in [0.1, 0.15) is 32.3 Å². The molecule has 1 heteroatoms. The van der Waals surface area contributed by atoms with Gasteiger partial charge in [-0.1, -0.05) is 65.7 Å². The van der Waals surface area contributed by atoms with E-state index in [-0.39, 0.29) is 9.52 Å². The number of hydrogen-bond acceptors (Lipinski definition) is 0. The second kappa shape index (κ2) is 5.31. The van der Waals surface area contributed by atoms with Gasteiger partial charge in [-0.15, -0.1) is 0 Å². The van der Waals surface area contributed by atoms with Crippen molar-refractivity contribution < 1.29 is 0 Å². The van der Waals surface area contributed by atoms with Gasteiger partial charge in [0.1, 0.15) is 0 Å². The van der Waals surface area contributed by atoms with Crippen LogP contribution in [0.2, 0.25) is 0 Å². The van der Waals surface area contributed by atoms with Gasteiger partial charge in [0.2, 0.25) is 0 Å². The third-order valence-electron chi connectivity index (χ3n) is 3.33. The average molecular weight is 228 g/mol. The Labute approximate surface area is 101 Å². The Morgan fingerprint density at radius 3 is 2.75 bits per heavy atom. The zero-order valence-corrected chi connectivity index (χ0v) is 11.7. The van der Waals surface area contributed by atoms with Crippen LogP contribution in [0.25, 0.3) is 0 Å². The Balaban J connectivity index is 2.18. The summed E-state index contributed by atoms with van der Waals surface area (Å²) in [4.78, 5) is 0. The van der Waals surface area contributed by atoms with Gasteiger partial charge in [0.25, 0.3) is 0 Å². The molecular weight excluding hydrogens is 208 g/mol. The Bertz CT molecular complexity index is 427. The zero-order valence-electron chi connectivity index (χ0n) is 10.3. The summed E-state index contributed by atoms with van der Waals surface area (Å²) in [6.07, 6.45) is 8.29. The van der Waals surface area contributed by atoms with Crippen molar-refractivity contribution >= 4 is 14.7 Å². The van der Waals surface area contributed by atoms with Gasteiger partial charge in [0.15, 0.2) is 0 Å². The third-order valence-corrected chi connectivity index (χ3v) is 5.68. The van der Waals surface area contributed by atoms with Gasteiger partial charge in [0.05, 0.1) is 9.52 Å². The molecule has 2 rings (SSSR count). The molecule has 1 aliphatic carbocycles. The van der Waals surface area contributed by atoms with E-state index in [2.05, 4.69) is 50.3 Å². The van der Waals surface area contributed by atoms with Crippen molar-refractivity contribution in [3.8, 4) is 0 Å². The molecule has 0 atom stereocenters. The van der Waals surface area contributed by atoms with Crippen LogP contribution in [0.4, 0.5) is 0 Å². The van der Waals surface area contributed by atoms with Crippen LogP contribution in [0.15, 0.2) is 47.2 Å². The Morgan fingerprint density at radius 2 is 2.06 bits per heavy atom. The average Bonchev–Trinajstić information content (AvgIpc) is 2.68. The molecule has 0 saturated carbocycles. The summed E-state index contributed by atoms with van der Waals surface area (Å²) in [5.74, 6) is 0. The zero-order chi connectivity index (χ0) is 11.4. The molecule has 1 aromatic rings. The standard InChI is InChI=1S/C15H20Si/c1-3-7-13-9-4-5-10-15(13)16-14-11-6-8-12(14)2/h4-6,8-10H,3,7,11,16H2,1-2H3. The molecule has 0 saturated heterocycles. The molecule has 1 aliphatic rings. The first-order valence-corrected chi connectivity index (χ1v) is 7.64. The highest BCUT2D eigenvalue weighted by Gasteiger charge is 2.09. The number of aryl methyl sites for hydroxylation is 1. The van der Waals surface area contributed by atoms with E-state index in [0.29, 0.717) is 0 Å². The van der Waals surface area contributed by atoms with Crippen molar-refractivity contribution in [3.05, 3.63) is 52.8 Å². The molecule has 0 heterocycles. The first-order valence-electron chi connectivity index (χ1n) is 6.23. The molecule has 16 heavy (non-hydrogen) atoms. The number of benzene rings is 1. The number of hydrogen-bond donors (Lipinski definition) is 0. The van der Waals surface area contributed by atoms with E-state index < -0.39 is 0 Å².